The molecule has 2 aromatic rings. The minimum Gasteiger partial charge on any atom is -0.409 e. The van der Waals surface area contributed by atoms with Gasteiger partial charge in [0.15, 0.2) is 0 Å². The van der Waals surface area contributed by atoms with Crippen LogP contribution in [0.25, 0.3) is 0 Å². The highest BCUT2D eigenvalue weighted by molar-refractivity contribution is 7.99. The molecule has 0 aliphatic rings. The largest absolute Gasteiger partial charge is 0.409 e. The van der Waals surface area contributed by atoms with Gasteiger partial charge in [-0.25, -0.2) is 0 Å². The monoisotopic (exact) mass is 340 g/mol. The van der Waals surface area contributed by atoms with Gasteiger partial charge in [-0.3, -0.25) is 0 Å². The molecule has 0 fully saturated rings. The lowest BCUT2D eigenvalue weighted by Gasteiger charge is -2.16. The summed E-state index contributed by atoms with van der Waals surface area (Å²) in [7, 11) is 0. The molecule has 0 saturated heterocycles. The number of rotatable bonds is 5. The molecule has 0 bridgehead atoms. The predicted octanol–water partition coefficient (Wildman–Crippen LogP) is 4.62. The van der Waals surface area contributed by atoms with Crippen LogP contribution in [0.3, 0.4) is 0 Å². The van der Waals surface area contributed by atoms with Crippen LogP contribution in [0.5, 0.6) is 0 Å². The van der Waals surface area contributed by atoms with Gasteiger partial charge in [-0.15, -0.1) is 11.8 Å². The molecule has 0 amide bonds. The Labute approximate surface area is 137 Å². The van der Waals surface area contributed by atoms with Crippen molar-refractivity contribution in [3.8, 4) is 0 Å². The third-order valence-electron chi connectivity index (χ3n) is 2.97. The van der Waals surface area contributed by atoms with Crippen LogP contribution in [0.4, 0.5) is 0 Å². The number of hydrogen-bond acceptors (Lipinski definition) is 3. The van der Waals surface area contributed by atoms with Gasteiger partial charge in [0.05, 0.1) is 10.9 Å². The highest BCUT2D eigenvalue weighted by atomic mass is 35.5. The Morgan fingerprint density at radius 2 is 1.90 bits per heavy atom. The van der Waals surface area contributed by atoms with Gasteiger partial charge in [0, 0.05) is 15.7 Å². The van der Waals surface area contributed by atoms with Crippen LogP contribution in [0.1, 0.15) is 11.5 Å². The van der Waals surface area contributed by atoms with Gasteiger partial charge in [0.25, 0.3) is 0 Å². The van der Waals surface area contributed by atoms with Crippen LogP contribution >= 0.6 is 35.0 Å². The number of nitrogens with two attached hydrogens (primary N) is 1. The lowest BCUT2D eigenvalue weighted by Crippen LogP contribution is -2.23. The Hall–Kier alpha value is -1.36. The van der Waals surface area contributed by atoms with Crippen LogP contribution in [-0.2, 0) is 0 Å². The second kappa shape index (κ2) is 7.59. The van der Waals surface area contributed by atoms with Crippen LogP contribution < -0.4 is 5.73 Å². The van der Waals surface area contributed by atoms with Crippen molar-refractivity contribution in [3.05, 3.63) is 64.1 Å². The molecule has 1 atom stereocenters. The predicted molar refractivity (Wildman–Crippen MR) is 89.8 cm³/mol. The van der Waals surface area contributed by atoms with Crippen molar-refractivity contribution in [2.75, 3.05) is 5.75 Å². The van der Waals surface area contributed by atoms with Crippen LogP contribution in [-0.4, -0.2) is 16.8 Å². The number of oxime groups is 1. The van der Waals surface area contributed by atoms with Crippen molar-refractivity contribution in [2.45, 2.75) is 10.8 Å². The molecule has 2 rings (SSSR count). The molecule has 21 heavy (non-hydrogen) atoms. The normalized spacial score (nSPS) is 13.1. The first-order valence-electron chi connectivity index (χ1n) is 6.22. The molecule has 0 radical (unpaired) electrons. The van der Waals surface area contributed by atoms with Crippen molar-refractivity contribution in [3.63, 3.8) is 0 Å². The van der Waals surface area contributed by atoms with Gasteiger partial charge in [0.1, 0.15) is 5.84 Å². The van der Waals surface area contributed by atoms with E-state index in [4.69, 9.17) is 34.1 Å². The SMILES string of the molecule is NC(=NO)C(CSc1cc(Cl)ccc1Cl)c1ccccc1. The molecule has 0 aromatic heterocycles. The summed E-state index contributed by atoms with van der Waals surface area (Å²) in [6, 6.07) is 15.0. The van der Waals surface area contributed by atoms with Crippen molar-refractivity contribution < 1.29 is 5.21 Å². The van der Waals surface area contributed by atoms with Gasteiger partial charge >= 0.3 is 0 Å². The van der Waals surface area contributed by atoms with E-state index in [0.717, 1.165) is 10.5 Å². The fraction of sp³-hybridized carbons (Fsp3) is 0.133. The summed E-state index contributed by atoms with van der Waals surface area (Å²) >= 11 is 13.6. The molecule has 0 spiro atoms. The van der Waals surface area contributed by atoms with Crippen LogP contribution in [0.2, 0.25) is 10.0 Å². The summed E-state index contributed by atoms with van der Waals surface area (Å²) in [6.07, 6.45) is 0. The Kier molecular flexibility index (Phi) is 5.79. The standard InChI is InChI=1S/C15H14Cl2N2OS/c16-11-6-7-13(17)14(8-11)21-9-12(15(18)19-20)10-4-2-1-3-5-10/h1-8,12,20H,9H2,(H2,18,19). The van der Waals surface area contributed by atoms with E-state index in [0.29, 0.717) is 15.8 Å². The molecule has 3 nitrogen and oxygen atoms in total. The topological polar surface area (TPSA) is 58.6 Å². The maximum atomic E-state index is 8.97. The van der Waals surface area contributed by atoms with Crippen LogP contribution in [0.15, 0.2) is 58.6 Å². The second-order valence-electron chi connectivity index (χ2n) is 4.37. The summed E-state index contributed by atoms with van der Waals surface area (Å²) < 4.78 is 0. The van der Waals surface area contributed by atoms with E-state index in [1.165, 1.54) is 11.8 Å². The molecule has 2 aromatic carbocycles. The number of halogens is 2. The average molecular weight is 341 g/mol. The van der Waals surface area contributed by atoms with Gasteiger partial charge in [-0.2, -0.15) is 0 Å². The lowest BCUT2D eigenvalue weighted by atomic mass is 10.0. The van der Waals surface area contributed by atoms with Crippen molar-refractivity contribution >= 4 is 40.8 Å². The van der Waals surface area contributed by atoms with Crippen molar-refractivity contribution in [1.82, 2.24) is 0 Å². The van der Waals surface area contributed by atoms with E-state index >= 15 is 0 Å². The van der Waals surface area contributed by atoms with Gasteiger partial charge in [-0.05, 0) is 23.8 Å². The Bertz CT molecular complexity index is 635. The number of nitrogens with zero attached hydrogens (tertiary/aromatic N) is 1. The Balaban J connectivity index is 2.19. The lowest BCUT2D eigenvalue weighted by molar-refractivity contribution is 0.316. The van der Waals surface area contributed by atoms with Crippen molar-refractivity contribution in [1.29, 1.82) is 0 Å². The smallest absolute Gasteiger partial charge is 0.147 e. The number of hydrogen-bond donors (Lipinski definition) is 2. The van der Waals surface area contributed by atoms with Gasteiger partial charge < -0.3 is 10.9 Å². The minimum absolute atomic E-state index is 0.173. The summed E-state index contributed by atoms with van der Waals surface area (Å²) in [5, 5.41) is 13.4. The van der Waals surface area contributed by atoms with Crippen molar-refractivity contribution in [2.24, 2.45) is 10.9 Å². The highest BCUT2D eigenvalue weighted by Crippen LogP contribution is 2.33. The van der Waals surface area contributed by atoms with E-state index in [-0.39, 0.29) is 11.8 Å². The molecular formula is C15H14Cl2N2OS. The quantitative estimate of drug-likeness (QED) is 0.274. The minimum atomic E-state index is -0.198. The Morgan fingerprint density at radius 3 is 2.57 bits per heavy atom. The number of benzene rings is 2. The van der Waals surface area contributed by atoms with Gasteiger partial charge in [-0.1, -0.05) is 58.7 Å². The third kappa shape index (κ3) is 4.30. The molecular weight excluding hydrogens is 327 g/mol. The van der Waals surface area contributed by atoms with E-state index in [1.54, 1.807) is 12.1 Å². The summed E-state index contributed by atoms with van der Waals surface area (Å²) in [4.78, 5) is 0.871. The van der Waals surface area contributed by atoms with E-state index in [2.05, 4.69) is 5.16 Å². The number of thioether (sulfide) groups is 1. The van der Waals surface area contributed by atoms with E-state index < -0.39 is 0 Å². The zero-order valence-corrected chi connectivity index (χ0v) is 13.4. The second-order valence-corrected chi connectivity index (χ2v) is 6.28. The molecule has 110 valence electrons. The van der Waals surface area contributed by atoms with E-state index in [1.807, 2.05) is 36.4 Å². The summed E-state index contributed by atoms with van der Waals surface area (Å²) in [6.45, 7) is 0. The fourth-order valence-corrected chi connectivity index (χ4v) is 3.51. The third-order valence-corrected chi connectivity index (χ3v) is 4.80. The maximum absolute atomic E-state index is 8.97. The van der Waals surface area contributed by atoms with Gasteiger partial charge in [0.2, 0.25) is 0 Å². The molecule has 6 heteroatoms. The average Bonchev–Trinajstić information content (AvgIpc) is 2.51. The Morgan fingerprint density at radius 1 is 1.19 bits per heavy atom. The molecule has 0 aliphatic carbocycles. The van der Waals surface area contributed by atoms with E-state index in [9.17, 15) is 0 Å². The highest BCUT2D eigenvalue weighted by Gasteiger charge is 2.17. The number of amidine groups is 1. The summed E-state index contributed by atoms with van der Waals surface area (Å²) in [5.74, 6) is 0.572. The maximum Gasteiger partial charge on any atom is 0.147 e. The zero-order chi connectivity index (χ0) is 15.2. The fourth-order valence-electron chi connectivity index (χ4n) is 1.87. The molecule has 3 N–H and O–H groups in total. The first-order chi connectivity index (χ1) is 10.1. The zero-order valence-electron chi connectivity index (χ0n) is 11.0. The van der Waals surface area contributed by atoms with Crippen LogP contribution in [0, 0.1) is 0 Å². The molecule has 0 heterocycles. The first-order valence-corrected chi connectivity index (χ1v) is 7.96. The summed E-state index contributed by atoms with van der Waals surface area (Å²) in [5.41, 5.74) is 6.79. The molecule has 1 unspecified atom stereocenters. The molecule has 0 aliphatic heterocycles. The first kappa shape index (κ1) is 16.0. The molecule has 0 saturated carbocycles.